The molecule has 0 fully saturated rings. The summed E-state index contributed by atoms with van der Waals surface area (Å²) >= 11 is 1.13. The van der Waals surface area contributed by atoms with Gasteiger partial charge < -0.3 is 44.7 Å². The lowest BCUT2D eigenvalue weighted by Gasteiger charge is -2.38. The molecule has 1 amide bonds. The van der Waals surface area contributed by atoms with Crippen molar-refractivity contribution in [3.63, 3.8) is 0 Å². The van der Waals surface area contributed by atoms with Crippen molar-refractivity contribution in [1.82, 2.24) is 4.98 Å². The second-order valence-electron chi connectivity index (χ2n) is 13.9. The van der Waals surface area contributed by atoms with Crippen molar-refractivity contribution in [2.45, 2.75) is 85.6 Å². The van der Waals surface area contributed by atoms with Crippen LogP contribution in [0.5, 0.6) is 17.2 Å². The number of anilines is 1. The van der Waals surface area contributed by atoms with Crippen LogP contribution in [0.15, 0.2) is 41.6 Å². The number of phenols is 2. The first-order chi connectivity index (χ1) is 24.4. The highest BCUT2D eigenvalue weighted by molar-refractivity contribution is 7.17. The van der Waals surface area contributed by atoms with Crippen LogP contribution in [0.2, 0.25) is 0 Å². The Morgan fingerprint density at radius 3 is 2.35 bits per heavy atom. The molecule has 0 spiro atoms. The molecule has 280 valence electrons. The van der Waals surface area contributed by atoms with Crippen LogP contribution in [0.1, 0.15) is 64.4 Å². The number of fused-ring (bicyclic) bond motifs is 1. The average Bonchev–Trinajstić information content (AvgIpc) is 3.69. The molecule has 14 heteroatoms. The summed E-state index contributed by atoms with van der Waals surface area (Å²) in [5.74, 6) is -6.74. The second-order valence-corrected chi connectivity index (χ2v) is 14.7. The summed E-state index contributed by atoms with van der Waals surface area (Å²) in [4.78, 5) is 44.4. The Morgan fingerprint density at radius 2 is 1.69 bits per heavy atom. The number of nitrogens with one attached hydrogen (secondary N) is 1. The predicted octanol–water partition coefficient (Wildman–Crippen LogP) is 5.66. The Balaban J connectivity index is 1.68. The monoisotopic (exact) mass is 738 g/mol. The number of benzene rings is 2. The number of nitrogens with zero attached hydrogens (tertiary/aromatic N) is 1. The number of hydrogen-bond donors (Lipinski definition) is 5. The maximum Gasteiger partial charge on any atom is 0.312 e. The molecule has 0 saturated heterocycles. The number of Topliss-reactive ketones (excluding diaryl/α,β-unsaturated/α-hetero) is 1. The van der Waals surface area contributed by atoms with Crippen LogP contribution in [0.3, 0.4) is 0 Å². The number of aliphatic hydroxyl groups is 2. The fraction of sp³-hybridized carbons (Fsp3) is 0.474. The largest absolute Gasteiger partial charge is 0.507 e. The fourth-order valence-corrected chi connectivity index (χ4v) is 7.86. The topological polar surface area (TPSA) is 194 Å². The Hall–Kier alpha value is -4.50. The van der Waals surface area contributed by atoms with Gasteiger partial charge in [-0.1, -0.05) is 45.9 Å². The highest BCUT2D eigenvalue weighted by Gasteiger charge is 2.49. The smallest absolute Gasteiger partial charge is 0.312 e. The lowest BCUT2D eigenvalue weighted by molar-refractivity contribution is -0.160. The number of carbonyl (C=O) groups is 3. The number of aromatic nitrogens is 1. The van der Waals surface area contributed by atoms with E-state index in [0.717, 1.165) is 11.3 Å². The molecule has 0 aliphatic carbocycles. The maximum absolute atomic E-state index is 14.2. The number of amides is 1. The molecule has 0 unspecified atom stereocenters. The van der Waals surface area contributed by atoms with Crippen LogP contribution in [0.4, 0.5) is 5.69 Å². The summed E-state index contributed by atoms with van der Waals surface area (Å²) < 4.78 is 23.9. The molecular weight excluding hydrogens is 692 g/mol. The summed E-state index contributed by atoms with van der Waals surface area (Å²) in [6.07, 6.45) is 3.93. The number of aromatic hydroxyl groups is 2. The van der Waals surface area contributed by atoms with Gasteiger partial charge in [0, 0.05) is 61.2 Å². The molecule has 5 rings (SSSR count). The van der Waals surface area contributed by atoms with E-state index in [1.54, 1.807) is 52.8 Å². The molecule has 4 bridgehead atoms. The zero-order chi connectivity index (χ0) is 38.4. The highest BCUT2D eigenvalue weighted by atomic mass is 32.1. The molecule has 1 aromatic heterocycles. The van der Waals surface area contributed by atoms with E-state index in [2.05, 4.69) is 10.3 Å². The molecule has 0 radical (unpaired) electrons. The molecule has 13 nitrogen and oxygen atoms in total. The SMILES string of the molecule is CO[C@H]1/C=C/O[C@@]2(C)Oc3c(C)c(O)c4c(O)c(c5scnc5c4c3C2=O)NC(=O)/C(C)=C\C=C\[C@H](C)[C@H](O)[C@@H](C)[C@@H](O)[C@@H](C)[C@H](OC(C)=O)[C@@H]1C. The number of esters is 1. The molecule has 0 saturated carbocycles. The number of methoxy groups -OCH3 is 1. The number of allylic oxidation sites excluding steroid dienone is 2. The van der Waals surface area contributed by atoms with Gasteiger partial charge in [0.15, 0.2) is 5.75 Å². The van der Waals surface area contributed by atoms with E-state index in [-0.39, 0.29) is 50.2 Å². The summed E-state index contributed by atoms with van der Waals surface area (Å²) in [5.41, 5.74) is 2.23. The average molecular weight is 739 g/mol. The molecule has 52 heavy (non-hydrogen) atoms. The molecule has 9 atom stereocenters. The molecule has 3 aromatic rings. The quantitative estimate of drug-likeness (QED) is 0.160. The van der Waals surface area contributed by atoms with Crippen LogP contribution < -0.4 is 10.1 Å². The van der Waals surface area contributed by atoms with Crippen LogP contribution in [-0.2, 0) is 23.8 Å². The Morgan fingerprint density at radius 1 is 1.00 bits per heavy atom. The molecule has 3 heterocycles. The van der Waals surface area contributed by atoms with Gasteiger partial charge in [0.1, 0.15) is 23.3 Å². The number of thiazole rings is 1. The number of hydrogen-bond acceptors (Lipinski definition) is 13. The zero-order valence-corrected chi connectivity index (χ0v) is 31.4. The summed E-state index contributed by atoms with van der Waals surface area (Å²) in [5, 5.41) is 48.5. The van der Waals surface area contributed by atoms with E-state index in [9.17, 15) is 34.8 Å². The van der Waals surface area contributed by atoms with E-state index < -0.39 is 77.3 Å². The van der Waals surface area contributed by atoms with E-state index >= 15 is 0 Å². The molecule has 2 aliphatic heterocycles. The van der Waals surface area contributed by atoms with Gasteiger partial charge in [-0.2, -0.15) is 0 Å². The predicted molar refractivity (Wildman–Crippen MR) is 195 cm³/mol. The van der Waals surface area contributed by atoms with Crippen molar-refractivity contribution in [2.24, 2.45) is 23.7 Å². The number of ketones is 1. The fourth-order valence-electron chi connectivity index (χ4n) is 7.06. The summed E-state index contributed by atoms with van der Waals surface area (Å²) in [6, 6.07) is 0. The van der Waals surface area contributed by atoms with E-state index in [1.807, 2.05) is 0 Å². The van der Waals surface area contributed by atoms with Crippen LogP contribution >= 0.6 is 11.3 Å². The first-order valence-electron chi connectivity index (χ1n) is 17.0. The normalized spacial score (nSPS) is 32.6. The third-order valence-electron chi connectivity index (χ3n) is 10.3. The molecule has 2 aliphatic rings. The Labute approximate surface area is 305 Å². The van der Waals surface area contributed by atoms with Gasteiger partial charge >= 0.3 is 11.8 Å². The van der Waals surface area contributed by atoms with Gasteiger partial charge in [-0.15, -0.1) is 11.3 Å². The number of rotatable bonds is 2. The third kappa shape index (κ3) is 6.75. The van der Waals surface area contributed by atoms with Gasteiger partial charge in [0.2, 0.25) is 0 Å². The van der Waals surface area contributed by atoms with Crippen molar-refractivity contribution in [3.8, 4) is 17.2 Å². The van der Waals surface area contributed by atoms with E-state index in [0.29, 0.717) is 4.70 Å². The Bertz CT molecular complexity index is 2000. The van der Waals surface area contributed by atoms with E-state index in [1.165, 1.54) is 45.7 Å². The van der Waals surface area contributed by atoms with Crippen LogP contribution in [-0.4, -0.2) is 80.4 Å². The van der Waals surface area contributed by atoms with Gasteiger partial charge in [0.25, 0.3) is 11.7 Å². The first kappa shape index (κ1) is 38.7. The summed E-state index contributed by atoms with van der Waals surface area (Å²) in [7, 11) is 1.46. The number of phenolic OH excluding ortho intramolecular Hbond substituents is 2. The minimum atomic E-state index is -1.92. The standard InChI is InChI=1S/C38H46N2O11S/c1-16-11-10-12-17(2)37(47)40-28-32(45)25-24(27-35(28)52-15-39-27)26-34(21(6)31(25)44)51-38(8,36(26)46)49-14-13-23(48-9)18(3)33(50-22(7)41)20(5)30(43)19(4)29(16)42/h10-16,18-20,23,29-30,33,42-45H,1-9H3,(H,40,47)/b11-10+,14-13+,17-12-/t16-,18+,19+,20+,23-,29-,30+,33+,38-/m0/s1. The third-order valence-corrected chi connectivity index (χ3v) is 11.1. The first-order valence-corrected chi connectivity index (χ1v) is 17.9. The van der Waals surface area contributed by atoms with Crippen LogP contribution in [0.25, 0.3) is 21.0 Å². The lowest BCUT2D eigenvalue weighted by atomic mass is 9.78. The summed E-state index contributed by atoms with van der Waals surface area (Å²) in [6.45, 7) is 12.8. The minimum absolute atomic E-state index is 0.0108. The molecule has 5 N–H and O–H groups in total. The number of ether oxygens (including phenoxy) is 4. The molecular formula is C38H46N2O11S. The number of aliphatic hydroxyl groups excluding tert-OH is 2. The highest BCUT2D eigenvalue weighted by Crippen LogP contribution is 2.54. The van der Waals surface area contributed by atoms with E-state index in [4.69, 9.17) is 18.9 Å². The molecule has 2 aromatic carbocycles. The van der Waals surface area contributed by atoms with Crippen molar-refractivity contribution in [3.05, 3.63) is 52.8 Å². The van der Waals surface area contributed by atoms with Gasteiger partial charge in [-0.3, -0.25) is 14.4 Å². The van der Waals surface area contributed by atoms with Crippen molar-refractivity contribution in [1.29, 1.82) is 0 Å². The Kier molecular flexibility index (Phi) is 11.1. The van der Waals surface area contributed by atoms with Gasteiger partial charge in [-0.25, -0.2) is 4.98 Å². The van der Waals surface area contributed by atoms with Crippen molar-refractivity contribution < 1.29 is 53.8 Å². The second kappa shape index (κ2) is 14.9. The lowest BCUT2D eigenvalue weighted by Crippen LogP contribution is -2.46. The number of carbonyl (C=O) groups excluding carboxylic acids is 3. The maximum atomic E-state index is 14.2. The van der Waals surface area contributed by atoms with Gasteiger partial charge in [-0.05, 0) is 19.9 Å². The minimum Gasteiger partial charge on any atom is -0.507 e. The zero-order valence-electron chi connectivity index (χ0n) is 30.6. The van der Waals surface area contributed by atoms with Crippen molar-refractivity contribution in [2.75, 3.05) is 12.4 Å². The van der Waals surface area contributed by atoms with Crippen molar-refractivity contribution >= 4 is 55.7 Å². The van der Waals surface area contributed by atoms with Gasteiger partial charge in [0.05, 0.1) is 51.3 Å². The van der Waals surface area contributed by atoms with Crippen LogP contribution in [0, 0.1) is 30.6 Å².